The molecule has 0 bridgehead atoms. The van der Waals surface area contributed by atoms with Gasteiger partial charge in [0, 0.05) is 42.2 Å². The number of furan rings is 1. The first-order chi connectivity index (χ1) is 25.2. The smallest absolute Gasteiger partial charge is 0.379 e. The van der Waals surface area contributed by atoms with Crippen LogP contribution in [-0.4, -0.2) is 76.0 Å². The van der Waals surface area contributed by atoms with Crippen molar-refractivity contribution in [2.75, 3.05) is 37.3 Å². The Bertz CT molecular complexity index is 2230. The summed E-state index contributed by atoms with van der Waals surface area (Å²) < 4.78 is 51.6. The van der Waals surface area contributed by atoms with Gasteiger partial charge >= 0.3 is 5.97 Å². The van der Waals surface area contributed by atoms with E-state index in [9.17, 15) is 41.9 Å². The molecule has 4 N–H and O–H groups in total. The van der Waals surface area contributed by atoms with Gasteiger partial charge in [-0.3, -0.25) is 23.5 Å². The maximum atomic E-state index is 13.7. The summed E-state index contributed by atoms with van der Waals surface area (Å²) in [4.78, 5) is 62.3. The van der Waals surface area contributed by atoms with Crippen LogP contribution in [0.25, 0.3) is 28.1 Å². The van der Waals surface area contributed by atoms with Gasteiger partial charge in [0.2, 0.25) is 21.8 Å². The molecule has 0 radical (unpaired) electrons. The van der Waals surface area contributed by atoms with Gasteiger partial charge in [0.05, 0.1) is 30.7 Å². The molecular formula is C37H37FN4O10S. The molecule has 1 aliphatic rings. The van der Waals surface area contributed by atoms with Crippen LogP contribution in [-0.2, 0) is 40.5 Å². The summed E-state index contributed by atoms with van der Waals surface area (Å²) in [6, 6.07) is 14.7. The number of halogens is 1. The van der Waals surface area contributed by atoms with Crippen LogP contribution in [0.3, 0.4) is 0 Å². The summed E-state index contributed by atoms with van der Waals surface area (Å²) in [5, 5.41) is 18.3. The molecule has 1 aliphatic carbocycles. The monoisotopic (exact) mass is 748 g/mol. The molecule has 4 aromatic rings. The zero-order chi connectivity index (χ0) is 38.4. The van der Waals surface area contributed by atoms with E-state index in [1.165, 1.54) is 56.4 Å². The number of hydrogen-bond acceptors (Lipinski definition) is 10. The molecule has 1 heterocycles. The summed E-state index contributed by atoms with van der Waals surface area (Å²) in [7, 11) is -2.61. The standard InChI is InChI=1S/C37H37FN4O10S/c1-4-51-37(48)30(44)17-29(43)24-7-5-6-21(14-24)18-40-32(45)19-41-33(46)20-42(53(3,49)50)28-16-31-27(15-26(28)22-8-9-22)34(36(47)39-2)35(52-31)23-10-12-25(38)13-11-23/h5-7,10-17,22,43H,4,8-9,18-20H2,1-3H3,(H,39,47)(H,40,45)(H,41,46). The van der Waals surface area contributed by atoms with Crippen molar-refractivity contribution in [3.05, 3.63) is 94.8 Å². The quantitative estimate of drug-likeness (QED) is 0.0601. The highest BCUT2D eigenvalue weighted by molar-refractivity contribution is 7.92. The van der Waals surface area contributed by atoms with Crippen LogP contribution in [0.15, 0.2) is 71.2 Å². The van der Waals surface area contributed by atoms with E-state index in [0.29, 0.717) is 22.1 Å². The molecule has 0 atom stereocenters. The first kappa shape index (κ1) is 38.2. The number of ketones is 1. The van der Waals surface area contributed by atoms with Gasteiger partial charge in [-0.1, -0.05) is 18.2 Å². The van der Waals surface area contributed by atoms with Crippen molar-refractivity contribution in [2.45, 2.75) is 32.2 Å². The number of nitrogens with zero attached hydrogens (tertiary/aromatic N) is 1. The van der Waals surface area contributed by atoms with Crippen LogP contribution in [0, 0.1) is 5.82 Å². The molecule has 5 rings (SSSR count). The summed E-state index contributed by atoms with van der Waals surface area (Å²) in [5.74, 6) is -4.81. The number of fused-ring (bicyclic) bond motifs is 1. The fourth-order valence-corrected chi connectivity index (χ4v) is 6.43. The number of hydrogen-bond donors (Lipinski definition) is 4. The maximum absolute atomic E-state index is 13.7. The number of anilines is 1. The first-order valence-corrected chi connectivity index (χ1v) is 18.4. The Kier molecular flexibility index (Phi) is 11.6. The number of amides is 3. The largest absolute Gasteiger partial charge is 0.507 e. The molecule has 1 aromatic heterocycles. The van der Waals surface area contributed by atoms with Crippen molar-refractivity contribution in [1.82, 2.24) is 16.0 Å². The molecule has 3 aromatic carbocycles. The highest BCUT2D eigenvalue weighted by Gasteiger charge is 2.34. The molecule has 278 valence electrons. The number of ether oxygens (including phenoxy) is 1. The third kappa shape index (κ3) is 9.26. The van der Waals surface area contributed by atoms with Crippen molar-refractivity contribution >= 4 is 61.9 Å². The molecule has 3 amide bonds. The lowest BCUT2D eigenvalue weighted by Crippen LogP contribution is -2.44. The topological polar surface area (TPSA) is 201 Å². The average molecular weight is 749 g/mol. The predicted octanol–water partition coefficient (Wildman–Crippen LogP) is 3.71. The van der Waals surface area contributed by atoms with Gasteiger partial charge in [0.15, 0.2) is 0 Å². The lowest BCUT2D eigenvalue weighted by Gasteiger charge is -2.24. The summed E-state index contributed by atoms with van der Waals surface area (Å²) in [6.07, 6.45) is 3.19. The molecule has 1 fully saturated rings. The second-order valence-electron chi connectivity index (χ2n) is 12.2. The molecular weight excluding hydrogens is 711 g/mol. The van der Waals surface area contributed by atoms with Crippen molar-refractivity contribution < 1.29 is 51.0 Å². The second kappa shape index (κ2) is 16.1. The summed E-state index contributed by atoms with van der Waals surface area (Å²) >= 11 is 0. The zero-order valence-electron chi connectivity index (χ0n) is 29.0. The number of carbonyl (C=O) groups excluding carboxylic acids is 5. The lowest BCUT2D eigenvalue weighted by molar-refractivity contribution is -0.151. The molecule has 0 saturated heterocycles. The zero-order valence-corrected chi connectivity index (χ0v) is 29.8. The number of aliphatic hydroxyl groups is 1. The Hall–Kier alpha value is -6.03. The Morgan fingerprint density at radius 3 is 2.38 bits per heavy atom. The van der Waals surface area contributed by atoms with Crippen LogP contribution in [0.2, 0.25) is 0 Å². The first-order valence-electron chi connectivity index (χ1n) is 16.5. The molecule has 0 unspecified atom stereocenters. The molecule has 16 heteroatoms. The van der Waals surface area contributed by atoms with Gasteiger partial charge in [-0.05, 0) is 73.2 Å². The number of benzene rings is 3. The average Bonchev–Trinajstić information content (AvgIpc) is 3.91. The van der Waals surface area contributed by atoms with Crippen LogP contribution < -0.4 is 20.3 Å². The number of nitrogens with one attached hydrogen (secondary N) is 3. The van der Waals surface area contributed by atoms with E-state index < -0.39 is 64.2 Å². The SMILES string of the molecule is CCOC(=O)C(=O)C=C(O)c1cccc(CNC(=O)CNC(=O)CN(c2cc3oc(-c4ccc(F)cc4)c(C(=O)NC)c3cc2C2CC2)S(C)(=O)=O)c1. The lowest BCUT2D eigenvalue weighted by atomic mass is 10.0. The van der Waals surface area contributed by atoms with E-state index in [4.69, 9.17) is 4.42 Å². The maximum Gasteiger partial charge on any atom is 0.379 e. The van der Waals surface area contributed by atoms with E-state index in [2.05, 4.69) is 20.7 Å². The Balaban J connectivity index is 1.30. The minimum absolute atomic E-state index is 0.00191. The molecule has 0 aliphatic heterocycles. The fraction of sp³-hybridized carbons (Fsp3) is 0.270. The van der Waals surface area contributed by atoms with Crippen molar-refractivity contribution in [3.63, 3.8) is 0 Å². The number of carbonyl (C=O) groups is 5. The number of sulfonamides is 1. The highest BCUT2D eigenvalue weighted by Crippen LogP contribution is 2.48. The second-order valence-corrected chi connectivity index (χ2v) is 14.1. The van der Waals surface area contributed by atoms with Gasteiger partial charge in [0.25, 0.3) is 11.7 Å². The molecule has 53 heavy (non-hydrogen) atoms. The number of esters is 1. The van der Waals surface area contributed by atoms with Gasteiger partial charge in [-0.2, -0.15) is 0 Å². The van der Waals surface area contributed by atoms with E-state index in [-0.39, 0.29) is 47.2 Å². The Labute approximate surface area is 304 Å². The summed E-state index contributed by atoms with van der Waals surface area (Å²) in [5.41, 5.74) is 2.31. The third-order valence-corrected chi connectivity index (χ3v) is 9.40. The van der Waals surface area contributed by atoms with Crippen molar-refractivity contribution in [2.24, 2.45) is 0 Å². The van der Waals surface area contributed by atoms with Crippen LogP contribution in [0.1, 0.15) is 52.7 Å². The molecule has 1 saturated carbocycles. The van der Waals surface area contributed by atoms with Gasteiger partial charge in [0.1, 0.15) is 29.5 Å². The number of rotatable bonds is 15. The predicted molar refractivity (Wildman–Crippen MR) is 193 cm³/mol. The van der Waals surface area contributed by atoms with Crippen molar-refractivity contribution in [3.8, 4) is 11.3 Å². The third-order valence-electron chi connectivity index (χ3n) is 8.27. The fourth-order valence-electron chi connectivity index (χ4n) is 5.56. The molecule has 14 nitrogen and oxygen atoms in total. The number of aliphatic hydroxyl groups excluding tert-OH is 1. The van der Waals surface area contributed by atoms with Crippen LogP contribution in [0.5, 0.6) is 0 Å². The highest BCUT2D eigenvalue weighted by atomic mass is 32.2. The summed E-state index contributed by atoms with van der Waals surface area (Å²) in [6.45, 7) is 0.360. The minimum atomic E-state index is -4.07. The van der Waals surface area contributed by atoms with Crippen LogP contribution in [0.4, 0.5) is 10.1 Å². The van der Waals surface area contributed by atoms with Gasteiger partial charge < -0.3 is 30.2 Å². The van der Waals surface area contributed by atoms with Gasteiger partial charge in [-0.25, -0.2) is 17.6 Å². The Morgan fingerprint density at radius 2 is 1.74 bits per heavy atom. The van der Waals surface area contributed by atoms with E-state index in [1.54, 1.807) is 18.2 Å². The van der Waals surface area contributed by atoms with E-state index in [1.807, 2.05) is 0 Å². The normalized spacial score (nSPS) is 12.9. The molecule has 0 spiro atoms. The van der Waals surface area contributed by atoms with Crippen molar-refractivity contribution in [1.29, 1.82) is 0 Å². The van der Waals surface area contributed by atoms with Gasteiger partial charge in [-0.15, -0.1) is 0 Å². The van der Waals surface area contributed by atoms with E-state index >= 15 is 0 Å². The van der Waals surface area contributed by atoms with Crippen LogP contribution >= 0.6 is 0 Å². The Morgan fingerprint density at radius 1 is 1.02 bits per heavy atom. The minimum Gasteiger partial charge on any atom is -0.507 e. The van der Waals surface area contributed by atoms with E-state index in [0.717, 1.165) is 29.5 Å².